The first-order valence-corrected chi connectivity index (χ1v) is 16.4. The van der Waals surface area contributed by atoms with Gasteiger partial charge in [-0.25, -0.2) is 4.98 Å². The standard InChI is InChI=1S/C43H49N2/c1-40(2,3)26-13-17-36-32(21-26)30(33-22-27(41(4,5)6)14-18-37(33)44-36)25-31-34-23-28(42(7,8)9)15-19-38(34)45-39-20-16-29(24-35(31)39)43(10,11)12/h13-24,44H,1-12H3/q+1. The number of hydrogen-bond donors (Lipinski definition) is 1. The van der Waals surface area contributed by atoms with Crippen LogP contribution in [0.2, 0.25) is 0 Å². The fourth-order valence-corrected chi connectivity index (χ4v) is 6.21. The van der Waals surface area contributed by atoms with Crippen LogP contribution in [0.3, 0.4) is 0 Å². The SMILES string of the molecule is CC(C)(C)C1=C[CH+]c2nc3ccc(C(C)(C)C)cc3c(=C=C3c4cc(C(C)(C)C)ccc4Nc4ccc(C(C)(C)C)cc43)c2=C1. The molecule has 0 radical (unpaired) electrons. The summed E-state index contributed by atoms with van der Waals surface area (Å²) in [5.74, 6) is 0. The number of aromatic nitrogens is 1. The molecule has 45 heavy (non-hydrogen) atoms. The number of hydrogen-bond acceptors (Lipinski definition) is 2. The Morgan fingerprint density at radius 1 is 0.622 bits per heavy atom. The molecule has 1 aliphatic carbocycles. The van der Waals surface area contributed by atoms with Gasteiger partial charge in [-0.05, 0) is 90.1 Å². The molecule has 1 aliphatic heterocycles. The van der Waals surface area contributed by atoms with Crippen molar-refractivity contribution in [3.63, 3.8) is 0 Å². The number of allylic oxidation sites excluding steroid dienone is 2. The summed E-state index contributed by atoms with van der Waals surface area (Å²) in [6.07, 6.45) is 6.79. The lowest BCUT2D eigenvalue weighted by molar-refractivity contribution is 0.522. The molecular formula is C43H49N2+. The first kappa shape index (κ1) is 31.0. The number of nitrogens with zero attached hydrogens (tertiary/aromatic N) is 1. The molecule has 0 fully saturated rings. The molecule has 0 bridgehead atoms. The van der Waals surface area contributed by atoms with Crippen molar-refractivity contribution in [1.29, 1.82) is 0 Å². The predicted octanol–water partition coefficient (Wildman–Crippen LogP) is 10.0. The minimum Gasteiger partial charge on any atom is -0.354 e. The third-order valence-electron chi connectivity index (χ3n) is 9.33. The molecule has 2 heterocycles. The summed E-state index contributed by atoms with van der Waals surface area (Å²) < 4.78 is 0. The largest absolute Gasteiger partial charge is 0.354 e. The molecule has 3 aromatic carbocycles. The molecule has 1 N–H and O–H groups in total. The zero-order chi connectivity index (χ0) is 32.7. The second kappa shape index (κ2) is 10.3. The molecule has 230 valence electrons. The maximum Gasteiger partial charge on any atom is 0.182 e. The van der Waals surface area contributed by atoms with E-state index >= 15 is 0 Å². The summed E-state index contributed by atoms with van der Waals surface area (Å²) in [4.78, 5) is 5.20. The Labute approximate surface area is 270 Å². The number of fused-ring (bicyclic) bond motifs is 4. The van der Waals surface area contributed by atoms with Crippen molar-refractivity contribution in [2.75, 3.05) is 5.32 Å². The lowest BCUT2D eigenvalue weighted by Gasteiger charge is -2.28. The number of nitrogens with one attached hydrogen (secondary N) is 1. The Morgan fingerprint density at radius 3 is 1.64 bits per heavy atom. The molecule has 0 unspecified atom stereocenters. The maximum absolute atomic E-state index is 5.20. The lowest BCUT2D eigenvalue weighted by atomic mass is 9.80. The van der Waals surface area contributed by atoms with Crippen LogP contribution in [0.25, 0.3) is 28.3 Å². The molecule has 1 aromatic heterocycles. The van der Waals surface area contributed by atoms with Gasteiger partial charge in [0.2, 0.25) is 0 Å². The molecule has 2 nitrogen and oxygen atoms in total. The Morgan fingerprint density at radius 2 is 1.13 bits per heavy atom. The van der Waals surface area contributed by atoms with Crippen molar-refractivity contribution < 1.29 is 0 Å². The van der Waals surface area contributed by atoms with E-state index in [-0.39, 0.29) is 21.7 Å². The fraction of sp³-hybridized carbons (Fsp3) is 0.372. The zero-order valence-corrected chi connectivity index (χ0v) is 29.4. The lowest BCUT2D eigenvalue weighted by Crippen LogP contribution is -2.33. The van der Waals surface area contributed by atoms with Gasteiger partial charge in [0.25, 0.3) is 0 Å². The topological polar surface area (TPSA) is 24.9 Å². The van der Waals surface area contributed by atoms with Gasteiger partial charge >= 0.3 is 0 Å². The van der Waals surface area contributed by atoms with E-state index in [0.29, 0.717) is 0 Å². The van der Waals surface area contributed by atoms with Gasteiger partial charge in [0.05, 0.1) is 34.9 Å². The average molecular weight is 594 g/mol. The summed E-state index contributed by atoms with van der Waals surface area (Å²) in [5.41, 5.74) is 17.2. The molecule has 0 saturated heterocycles. The smallest absolute Gasteiger partial charge is 0.182 e. The van der Waals surface area contributed by atoms with E-state index in [1.807, 2.05) is 0 Å². The predicted molar refractivity (Wildman–Crippen MR) is 195 cm³/mol. The van der Waals surface area contributed by atoms with E-state index in [2.05, 4.69) is 167 Å². The van der Waals surface area contributed by atoms with Crippen LogP contribution in [-0.4, -0.2) is 4.98 Å². The quantitative estimate of drug-likeness (QED) is 0.181. The minimum atomic E-state index is 0.0119. The van der Waals surface area contributed by atoms with E-state index in [0.717, 1.165) is 44.0 Å². The van der Waals surface area contributed by atoms with Gasteiger partial charge in [0.1, 0.15) is 5.22 Å². The van der Waals surface area contributed by atoms with Gasteiger partial charge in [0, 0.05) is 38.9 Å². The van der Waals surface area contributed by atoms with Crippen molar-refractivity contribution in [2.45, 2.75) is 99.3 Å². The van der Waals surface area contributed by atoms with Crippen LogP contribution in [0.1, 0.15) is 117 Å². The molecule has 0 amide bonds. The monoisotopic (exact) mass is 593 g/mol. The van der Waals surface area contributed by atoms with Crippen molar-refractivity contribution in [2.24, 2.45) is 5.41 Å². The van der Waals surface area contributed by atoms with Crippen LogP contribution < -0.4 is 15.8 Å². The van der Waals surface area contributed by atoms with Gasteiger partial charge in [-0.1, -0.05) is 86.2 Å². The maximum atomic E-state index is 5.20. The van der Waals surface area contributed by atoms with Crippen LogP contribution in [0, 0.1) is 11.8 Å². The minimum absolute atomic E-state index is 0.0119. The molecule has 4 aromatic rings. The highest BCUT2D eigenvalue weighted by Crippen LogP contribution is 2.43. The van der Waals surface area contributed by atoms with Crippen LogP contribution in [0.5, 0.6) is 0 Å². The van der Waals surface area contributed by atoms with Gasteiger partial charge in [-0.2, -0.15) is 0 Å². The van der Waals surface area contributed by atoms with E-state index in [1.54, 1.807) is 0 Å². The van der Waals surface area contributed by atoms with E-state index < -0.39 is 0 Å². The highest BCUT2D eigenvalue weighted by molar-refractivity contribution is 6.01. The first-order chi connectivity index (χ1) is 20.8. The van der Waals surface area contributed by atoms with Crippen LogP contribution in [-0.2, 0) is 16.2 Å². The number of anilines is 2. The average Bonchev–Trinajstić information content (AvgIpc) is 2.93. The molecule has 6 rings (SSSR count). The van der Waals surface area contributed by atoms with E-state index in [9.17, 15) is 0 Å². The summed E-state index contributed by atoms with van der Waals surface area (Å²) in [6.45, 7) is 27.4. The summed E-state index contributed by atoms with van der Waals surface area (Å²) in [6, 6.07) is 20.6. The molecule has 0 saturated carbocycles. The highest BCUT2D eigenvalue weighted by atomic mass is 14.9. The van der Waals surface area contributed by atoms with Crippen LogP contribution in [0.15, 0.2) is 66.2 Å². The van der Waals surface area contributed by atoms with Crippen LogP contribution >= 0.6 is 0 Å². The second-order valence-corrected chi connectivity index (χ2v) is 17.1. The Kier molecular flexibility index (Phi) is 7.07. The van der Waals surface area contributed by atoms with Gasteiger partial charge in [-0.15, -0.1) is 0 Å². The van der Waals surface area contributed by atoms with Gasteiger partial charge < -0.3 is 5.32 Å². The molecule has 2 aliphatic rings. The summed E-state index contributed by atoms with van der Waals surface area (Å²) >= 11 is 0. The second-order valence-electron chi connectivity index (χ2n) is 17.1. The van der Waals surface area contributed by atoms with Gasteiger partial charge in [-0.3, -0.25) is 0 Å². The van der Waals surface area contributed by atoms with Crippen molar-refractivity contribution >= 4 is 39.7 Å². The van der Waals surface area contributed by atoms with Crippen LogP contribution in [0.4, 0.5) is 11.4 Å². The normalized spacial score (nSPS) is 14.8. The fourth-order valence-electron chi connectivity index (χ4n) is 6.21. The molecule has 0 spiro atoms. The zero-order valence-electron chi connectivity index (χ0n) is 29.4. The molecular weight excluding hydrogens is 544 g/mol. The Bertz CT molecular complexity index is 1990. The Balaban J connectivity index is 1.86. The van der Waals surface area contributed by atoms with E-state index in [1.165, 1.54) is 33.4 Å². The Hall–Kier alpha value is -4.00. The molecule has 0 atom stereocenters. The first-order valence-electron chi connectivity index (χ1n) is 16.4. The summed E-state index contributed by atoms with van der Waals surface area (Å²) in [5, 5.41) is 7.18. The number of benzene rings is 3. The third-order valence-corrected chi connectivity index (χ3v) is 9.33. The van der Waals surface area contributed by atoms with Gasteiger partial charge in [0.15, 0.2) is 5.69 Å². The van der Waals surface area contributed by atoms with Crippen molar-refractivity contribution in [3.8, 4) is 0 Å². The number of pyridine rings is 1. The van der Waals surface area contributed by atoms with Crippen molar-refractivity contribution in [3.05, 3.63) is 117 Å². The molecule has 2 heteroatoms. The number of rotatable bonds is 0. The van der Waals surface area contributed by atoms with E-state index in [4.69, 9.17) is 4.98 Å². The summed E-state index contributed by atoms with van der Waals surface area (Å²) in [7, 11) is 0. The highest BCUT2D eigenvalue weighted by Gasteiger charge is 2.28. The third kappa shape index (κ3) is 5.78. The van der Waals surface area contributed by atoms with Crippen molar-refractivity contribution in [1.82, 2.24) is 4.98 Å².